The SMILES string of the molecule is CN=C(NCCc1ccccc1)NCc1cc(C)cc(OC)c1. The van der Waals surface area contributed by atoms with Crippen molar-refractivity contribution < 1.29 is 4.74 Å². The third-order valence-electron chi connectivity index (χ3n) is 3.58. The Kier molecular flexibility index (Phi) is 6.48. The van der Waals surface area contributed by atoms with Crippen LogP contribution in [-0.4, -0.2) is 26.7 Å². The molecule has 0 aromatic heterocycles. The first-order valence-electron chi connectivity index (χ1n) is 7.84. The number of rotatable bonds is 6. The molecule has 4 nitrogen and oxygen atoms in total. The summed E-state index contributed by atoms with van der Waals surface area (Å²) in [6.45, 7) is 3.63. The van der Waals surface area contributed by atoms with Crippen molar-refractivity contribution in [3.05, 3.63) is 65.2 Å². The molecule has 0 saturated heterocycles. The average Bonchev–Trinajstić information content (AvgIpc) is 2.58. The molecular formula is C19H25N3O. The van der Waals surface area contributed by atoms with Crippen LogP contribution in [0, 0.1) is 6.92 Å². The first-order chi connectivity index (χ1) is 11.2. The number of methoxy groups -OCH3 is 1. The molecule has 0 atom stereocenters. The molecule has 4 heteroatoms. The number of aryl methyl sites for hydroxylation is 1. The molecular weight excluding hydrogens is 286 g/mol. The topological polar surface area (TPSA) is 45.7 Å². The lowest BCUT2D eigenvalue weighted by Crippen LogP contribution is -2.37. The first kappa shape index (κ1) is 16.9. The van der Waals surface area contributed by atoms with Gasteiger partial charge in [0.1, 0.15) is 5.75 Å². The molecule has 0 radical (unpaired) electrons. The van der Waals surface area contributed by atoms with Crippen molar-refractivity contribution in [2.45, 2.75) is 19.9 Å². The standard InChI is InChI=1S/C19H25N3O/c1-15-11-17(13-18(12-15)23-3)14-22-19(20-2)21-10-9-16-7-5-4-6-8-16/h4-8,11-13H,9-10,14H2,1-3H3,(H2,20,21,22). The van der Waals surface area contributed by atoms with E-state index in [4.69, 9.17) is 4.74 Å². The van der Waals surface area contributed by atoms with Crippen LogP contribution in [0.25, 0.3) is 0 Å². The van der Waals surface area contributed by atoms with Gasteiger partial charge in [0.15, 0.2) is 5.96 Å². The molecule has 0 amide bonds. The second-order valence-corrected chi connectivity index (χ2v) is 5.45. The molecule has 2 aromatic rings. The van der Waals surface area contributed by atoms with Gasteiger partial charge in [-0.25, -0.2) is 0 Å². The van der Waals surface area contributed by atoms with E-state index in [1.165, 1.54) is 16.7 Å². The van der Waals surface area contributed by atoms with Crippen molar-refractivity contribution in [3.63, 3.8) is 0 Å². The Balaban J connectivity index is 1.82. The van der Waals surface area contributed by atoms with Crippen LogP contribution in [0.15, 0.2) is 53.5 Å². The van der Waals surface area contributed by atoms with Crippen molar-refractivity contribution in [2.24, 2.45) is 4.99 Å². The molecule has 23 heavy (non-hydrogen) atoms. The predicted molar refractivity (Wildman–Crippen MR) is 96.1 cm³/mol. The van der Waals surface area contributed by atoms with Gasteiger partial charge in [0.2, 0.25) is 0 Å². The zero-order chi connectivity index (χ0) is 16.5. The highest BCUT2D eigenvalue weighted by atomic mass is 16.5. The van der Waals surface area contributed by atoms with E-state index < -0.39 is 0 Å². The minimum Gasteiger partial charge on any atom is -0.497 e. The summed E-state index contributed by atoms with van der Waals surface area (Å²) in [5, 5.41) is 6.67. The van der Waals surface area contributed by atoms with Crippen LogP contribution in [0.3, 0.4) is 0 Å². The molecule has 0 heterocycles. The van der Waals surface area contributed by atoms with Crippen molar-refractivity contribution in [2.75, 3.05) is 20.7 Å². The molecule has 0 fully saturated rings. The van der Waals surface area contributed by atoms with E-state index in [1.54, 1.807) is 14.2 Å². The highest BCUT2D eigenvalue weighted by molar-refractivity contribution is 5.79. The molecule has 0 aliphatic carbocycles. The van der Waals surface area contributed by atoms with Gasteiger partial charge in [0, 0.05) is 20.1 Å². The molecule has 0 bridgehead atoms. The van der Waals surface area contributed by atoms with Crippen molar-refractivity contribution >= 4 is 5.96 Å². The van der Waals surface area contributed by atoms with Gasteiger partial charge in [0.25, 0.3) is 0 Å². The Morgan fingerprint density at radius 2 is 1.83 bits per heavy atom. The lowest BCUT2D eigenvalue weighted by molar-refractivity contribution is 0.414. The summed E-state index contributed by atoms with van der Waals surface area (Å²) in [5.41, 5.74) is 3.68. The van der Waals surface area contributed by atoms with Gasteiger partial charge in [-0.05, 0) is 42.2 Å². The quantitative estimate of drug-likeness (QED) is 0.637. The van der Waals surface area contributed by atoms with Crippen molar-refractivity contribution in [3.8, 4) is 5.75 Å². The molecule has 2 aromatic carbocycles. The smallest absolute Gasteiger partial charge is 0.191 e. The number of benzene rings is 2. The largest absolute Gasteiger partial charge is 0.497 e. The van der Waals surface area contributed by atoms with Crippen LogP contribution in [0.4, 0.5) is 0 Å². The second kappa shape index (κ2) is 8.83. The minimum atomic E-state index is 0.711. The molecule has 0 aliphatic rings. The summed E-state index contributed by atoms with van der Waals surface area (Å²) in [4.78, 5) is 4.26. The molecule has 2 rings (SSSR count). The molecule has 0 aliphatic heterocycles. The van der Waals surface area contributed by atoms with E-state index in [9.17, 15) is 0 Å². The Hall–Kier alpha value is -2.49. The number of hydrogen-bond donors (Lipinski definition) is 2. The Morgan fingerprint density at radius 1 is 1.04 bits per heavy atom. The van der Waals surface area contributed by atoms with Gasteiger partial charge in [-0.15, -0.1) is 0 Å². The summed E-state index contributed by atoms with van der Waals surface area (Å²) in [6.07, 6.45) is 0.972. The monoisotopic (exact) mass is 311 g/mol. The Labute approximate surface area is 138 Å². The maximum atomic E-state index is 5.31. The fourth-order valence-electron chi connectivity index (χ4n) is 2.42. The van der Waals surface area contributed by atoms with Crippen LogP contribution < -0.4 is 15.4 Å². The maximum absolute atomic E-state index is 5.31. The summed E-state index contributed by atoms with van der Waals surface area (Å²) >= 11 is 0. The lowest BCUT2D eigenvalue weighted by atomic mass is 10.1. The predicted octanol–water partition coefficient (Wildman–Crippen LogP) is 2.91. The fourth-order valence-corrected chi connectivity index (χ4v) is 2.42. The van der Waals surface area contributed by atoms with Crippen LogP contribution in [0.2, 0.25) is 0 Å². The Bertz CT molecular complexity index is 638. The number of hydrogen-bond acceptors (Lipinski definition) is 2. The zero-order valence-electron chi connectivity index (χ0n) is 14.1. The average molecular weight is 311 g/mol. The van der Waals surface area contributed by atoms with E-state index in [1.807, 2.05) is 18.2 Å². The van der Waals surface area contributed by atoms with E-state index >= 15 is 0 Å². The number of aliphatic imine (C=N–C) groups is 1. The van der Waals surface area contributed by atoms with Crippen molar-refractivity contribution in [1.29, 1.82) is 0 Å². The van der Waals surface area contributed by atoms with Gasteiger partial charge < -0.3 is 15.4 Å². The van der Waals surface area contributed by atoms with E-state index in [-0.39, 0.29) is 0 Å². The second-order valence-electron chi connectivity index (χ2n) is 5.45. The molecule has 0 saturated carbocycles. The minimum absolute atomic E-state index is 0.711. The zero-order valence-corrected chi connectivity index (χ0v) is 14.1. The molecule has 0 spiro atoms. The summed E-state index contributed by atoms with van der Waals surface area (Å²) in [7, 11) is 3.48. The normalized spacial score (nSPS) is 11.2. The molecule has 2 N–H and O–H groups in total. The maximum Gasteiger partial charge on any atom is 0.191 e. The summed E-state index contributed by atoms with van der Waals surface area (Å²) in [5.74, 6) is 1.69. The van der Waals surface area contributed by atoms with Crippen LogP contribution >= 0.6 is 0 Å². The number of ether oxygens (including phenoxy) is 1. The van der Waals surface area contributed by atoms with Gasteiger partial charge in [0.05, 0.1) is 7.11 Å². The number of guanidine groups is 1. The van der Waals surface area contributed by atoms with Gasteiger partial charge >= 0.3 is 0 Å². The summed E-state index contributed by atoms with van der Waals surface area (Å²) in [6, 6.07) is 16.6. The van der Waals surface area contributed by atoms with Crippen molar-refractivity contribution in [1.82, 2.24) is 10.6 Å². The van der Waals surface area contributed by atoms with Gasteiger partial charge in [-0.3, -0.25) is 4.99 Å². The number of nitrogens with zero attached hydrogens (tertiary/aromatic N) is 1. The molecule has 0 unspecified atom stereocenters. The summed E-state index contributed by atoms with van der Waals surface area (Å²) < 4.78 is 5.31. The van der Waals surface area contributed by atoms with Gasteiger partial charge in [-0.1, -0.05) is 36.4 Å². The van der Waals surface area contributed by atoms with Crippen LogP contribution in [-0.2, 0) is 13.0 Å². The molecule has 122 valence electrons. The Morgan fingerprint density at radius 3 is 2.52 bits per heavy atom. The third-order valence-corrected chi connectivity index (χ3v) is 3.58. The van der Waals surface area contributed by atoms with Gasteiger partial charge in [-0.2, -0.15) is 0 Å². The third kappa shape index (κ3) is 5.66. The lowest BCUT2D eigenvalue weighted by Gasteiger charge is -2.13. The highest BCUT2D eigenvalue weighted by Gasteiger charge is 2.01. The highest BCUT2D eigenvalue weighted by Crippen LogP contribution is 2.16. The van der Waals surface area contributed by atoms with E-state index in [2.05, 4.69) is 52.9 Å². The first-order valence-corrected chi connectivity index (χ1v) is 7.84. The number of nitrogens with one attached hydrogen (secondary N) is 2. The van der Waals surface area contributed by atoms with Crippen LogP contribution in [0.1, 0.15) is 16.7 Å². The van der Waals surface area contributed by atoms with Crippen LogP contribution in [0.5, 0.6) is 5.75 Å². The fraction of sp³-hybridized carbons (Fsp3) is 0.316. The van der Waals surface area contributed by atoms with E-state index in [0.29, 0.717) is 6.54 Å². The van der Waals surface area contributed by atoms with E-state index in [0.717, 1.165) is 24.7 Å².